The van der Waals surface area contributed by atoms with Crippen LogP contribution in [0.5, 0.6) is 0 Å². The van der Waals surface area contributed by atoms with E-state index < -0.39 is 6.10 Å². The van der Waals surface area contributed by atoms with Crippen LogP contribution in [0.1, 0.15) is 406 Å². The van der Waals surface area contributed by atoms with Crippen LogP contribution < -0.4 is 0 Å². The summed E-state index contributed by atoms with van der Waals surface area (Å²) < 4.78 is 17.0. The number of hydrogen-bond donors (Lipinski definition) is 0. The number of esters is 3. The van der Waals surface area contributed by atoms with Gasteiger partial charge in [0.1, 0.15) is 13.2 Å². The molecule has 6 heteroatoms. The molecule has 79 heavy (non-hydrogen) atoms. The highest BCUT2D eigenvalue weighted by atomic mass is 16.6. The lowest BCUT2D eigenvalue weighted by molar-refractivity contribution is -0.167. The Kier molecular flexibility index (Phi) is 66.6. The molecule has 0 amide bonds. The second-order valence-corrected chi connectivity index (χ2v) is 24.5. The van der Waals surface area contributed by atoms with Crippen LogP contribution in [0, 0.1) is 0 Å². The van der Waals surface area contributed by atoms with Crippen LogP contribution in [0.25, 0.3) is 0 Å². The number of carbonyl (C=O) groups is 3. The summed E-state index contributed by atoms with van der Waals surface area (Å²) in [4.78, 5) is 38.4. The van der Waals surface area contributed by atoms with Crippen molar-refractivity contribution in [1.82, 2.24) is 0 Å². The first-order chi connectivity index (χ1) is 39.0. The maximum atomic E-state index is 13.0. The van der Waals surface area contributed by atoms with Crippen LogP contribution in [0.15, 0.2) is 24.3 Å². The van der Waals surface area contributed by atoms with E-state index in [2.05, 4.69) is 45.1 Å². The fourth-order valence-corrected chi connectivity index (χ4v) is 11.1. The van der Waals surface area contributed by atoms with Crippen LogP contribution in [0.2, 0.25) is 0 Å². The molecular weight excluding hydrogens is 973 g/mol. The van der Waals surface area contributed by atoms with Crippen molar-refractivity contribution in [3.8, 4) is 0 Å². The Morgan fingerprint density at radius 2 is 0.456 bits per heavy atom. The van der Waals surface area contributed by atoms with E-state index in [1.165, 1.54) is 302 Å². The van der Waals surface area contributed by atoms with Gasteiger partial charge in [0.05, 0.1) is 0 Å². The van der Waals surface area contributed by atoms with Gasteiger partial charge in [0.15, 0.2) is 6.10 Å². The Morgan fingerprint density at radius 3 is 0.696 bits per heavy atom. The third-order valence-corrected chi connectivity index (χ3v) is 16.5. The zero-order valence-corrected chi connectivity index (χ0v) is 53.7. The van der Waals surface area contributed by atoms with Gasteiger partial charge in [0.2, 0.25) is 0 Å². The average Bonchev–Trinajstić information content (AvgIpc) is 3.45. The lowest BCUT2D eigenvalue weighted by Gasteiger charge is -2.18. The fraction of sp³-hybridized carbons (Fsp3) is 0.904. The van der Waals surface area contributed by atoms with Crippen LogP contribution in [-0.4, -0.2) is 37.2 Å². The van der Waals surface area contributed by atoms with Gasteiger partial charge in [-0.05, 0) is 51.4 Å². The Morgan fingerprint density at radius 1 is 0.253 bits per heavy atom. The molecule has 0 fully saturated rings. The molecule has 0 aliphatic carbocycles. The Balaban J connectivity index is 4.23. The van der Waals surface area contributed by atoms with Crippen molar-refractivity contribution in [2.75, 3.05) is 13.2 Å². The third kappa shape index (κ3) is 66.6. The van der Waals surface area contributed by atoms with Gasteiger partial charge in [-0.2, -0.15) is 0 Å². The van der Waals surface area contributed by atoms with Gasteiger partial charge >= 0.3 is 17.9 Å². The number of rotatable bonds is 67. The second-order valence-electron chi connectivity index (χ2n) is 24.5. The number of unbranched alkanes of at least 4 members (excludes halogenated alkanes) is 52. The molecule has 0 heterocycles. The monoisotopic (exact) mass is 1110 g/mol. The molecule has 0 aliphatic heterocycles. The van der Waals surface area contributed by atoms with E-state index in [1.807, 2.05) is 0 Å². The Hall–Kier alpha value is -2.11. The van der Waals surface area contributed by atoms with E-state index in [1.54, 1.807) is 0 Å². The predicted molar refractivity (Wildman–Crippen MR) is 344 cm³/mol. The molecule has 0 aliphatic rings. The topological polar surface area (TPSA) is 78.9 Å². The van der Waals surface area contributed by atoms with Gasteiger partial charge in [-0.3, -0.25) is 14.4 Å². The standard InChI is InChI=1S/C73H138O6/c1-4-7-10-13-16-19-22-25-28-30-32-34-36-37-38-40-41-43-45-48-51-54-57-60-63-66-72(75)78-69-70(68-77-71(74)65-62-59-56-53-50-47-27-24-21-18-15-12-9-6-3)79-73(76)67-64-61-58-55-52-49-46-44-42-39-35-33-31-29-26-23-20-17-14-11-8-5-2/h22,25,30,32,70H,4-21,23-24,26-29,31,33-69H2,1-3H3/b25-22-,32-30-. The average molecular weight is 1110 g/mol. The summed E-state index contributed by atoms with van der Waals surface area (Å²) in [5.41, 5.74) is 0. The molecule has 1 atom stereocenters. The lowest BCUT2D eigenvalue weighted by atomic mass is 10.0. The van der Waals surface area contributed by atoms with Gasteiger partial charge in [0, 0.05) is 19.3 Å². The SMILES string of the molecule is CCCCCCC/C=C\C/C=C\CCCCCCCCCCCCCCCC(=O)OCC(COC(=O)CCCCCCCCCCCCCCCC)OC(=O)CCCCCCCCCCCCCCCCCCCCCCCC. The molecule has 0 saturated heterocycles. The highest BCUT2D eigenvalue weighted by molar-refractivity contribution is 5.71. The van der Waals surface area contributed by atoms with Crippen molar-refractivity contribution in [2.24, 2.45) is 0 Å². The summed E-state index contributed by atoms with van der Waals surface area (Å²) in [6, 6.07) is 0. The van der Waals surface area contributed by atoms with Gasteiger partial charge in [-0.15, -0.1) is 0 Å². The molecule has 6 nitrogen and oxygen atoms in total. The highest BCUT2D eigenvalue weighted by Crippen LogP contribution is 2.19. The van der Waals surface area contributed by atoms with Crippen LogP contribution in [0.4, 0.5) is 0 Å². The first kappa shape index (κ1) is 76.9. The normalized spacial score (nSPS) is 12.1. The number of hydrogen-bond acceptors (Lipinski definition) is 6. The zero-order valence-electron chi connectivity index (χ0n) is 53.7. The number of allylic oxidation sites excluding steroid dienone is 4. The molecule has 0 radical (unpaired) electrons. The van der Waals surface area contributed by atoms with Crippen molar-refractivity contribution in [2.45, 2.75) is 412 Å². The molecular formula is C73H138O6. The minimum Gasteiger partial charge on any atom is -0.462 e. The number of carbonyl (C=O) groups excluding carboxylic acids is 3. The van der Waals surface area contributed by atoms with Crippen molar-refractivity contribution in [3.05, 3.63) is 24.3 Å². The molecule has 0 saturated carbocycles. The molecule has 0 aromatic carbocycles. The van der Waals surface area contributed by atoms with Crippen LogP contribution in [-0.2, 0) is 28.6 Å². The van der Waals surface area contributed by atoms with Gasteiger partial charge < -0.3 is 14.2 Å². The summed E-state index contributed by atoms with van der Waals surface area (Å²) >= 11 is 0. The van der Waals surface area contributed by atoms with Gasteiger partial charge in [-0.1, -0.05) is 360 Å². The van der Waals surface area contributed by atoms with Crippen LogP contribution >= 0.6 is 0 Å². The van der Waals surface area contributed by atoms with E-state index in [-0.39, 0.29) is 31.1 Å². The van der Waals surface area contributed by atoms with E-state index in [4.69, 9.17) is 14.2 Å². The molecule has 0 aromatic rings. The summed E-state index contributed by atoms with van der Waals surface area (Å²) in [5, 5.41) is 0. The second kappa shape index (κ2) is 68.4. The largest absolute Gasteiger partial charge is 0.462 e. The minimum atomic E-state index is -0.768. The van der Waals surface area contributed by atoms with E-state index in [9.17, 15) is 14.4 Å². The molecule has 0 N–H and O–H groups in total. The molecule has 466 valence electrons. The van der Waals surface area contributed by atoms with Crippen molar-refractivity contribution < 1.29 is 28.6 Å². The van der Waals surface area contributed by atoms with Crippen molar-refractivity contribution in [1.29, 1.82) is 0 Å². The van der Waals surface area contributed by atoms with Gasteiger partial charge in [-0.25, -0.2) is 0 Å². The Labute approximate surface area is 493 Å². The van der Waals surface area contributed by atoms with Crippen LogP contribution in [0.3, 0.4) is 0 Å². The van der Waals surface area contributed by atoms with E-state index >= 15 is 0 Å². The zero-order chi connectivity index (χ0) is 57.1. The first-order valence-corrected chi connectivity index (χ1v) is 35.8. The third-order valence-electron chi connectivity index (χ3n) is 16.5. The van der Waals surface area contributed by atoms with Crippen molar-refractivity contribution >= 4 is 17.9 Å². The summed E-state index contributed by atoms with van der Waals surface area (Å²) in [5.74, 6) is -0.830. The smallest absolute Gasteiger partial charge is 0.306 e. The highest BCUT2D eigenvalue weighted by Gasteiger charge is 2.19. The minimum absolute atomic E-state index is 0.0640. The van der Waals surface area contributed by atoms with E-state index in [0.29, 0.717) is 19.3 Å². The van der Waals surface area contributed by atoms with E-state index in [0.717, 1.165) is 64.2 Å². The molecule has 0 rings (SSSR count). The lowest BCUT2D eigenvalue weighted by Crippen LogP contribution is -2.30. The quantitative estimate of drug-likeness (QED) is 0.0261. The predicted octanol–water partition coefficient (Wildman–Crippen LogP) is 24.6. The number of ether oxygens (including phenoxy) is 3. The first-order valence-electron chi connectivity index (χ1n) is 35.8. The molecule has 0 bridgehead atoms. The maximum Gasteiger partial charge on any atom is 0.306 e. The summed E-state index contributed by atoms with van der Waals surface area (Å²) in [6.07, 6.45) is 83.5. The fourth-order valence-electron chi connectivity index (χ4n) is 11.1. The summed E-state index contributed by atoms with van der Waals surface area (Å²) in [6.45, 7) is 6.72. The van der Waals surface area contributed by atoms with Crippen molar-refractivity contribution in [3.63, 3.8) is 0 Å². The summed E-state index contributed by atoms with van der Waals surface area (Å²) in [7, 11) is 0. The van der Waals surface area contributed by atoms with Gasteiger partial charge in [0.25, 0.3) is 0 Å². The maximum absolute atomic E-state index is 13.0. The Bertz CT molecular complexity index is 1270. The molecule has 1 unspecified atom stereocenters. The molecule has 0 aromatic heterocycles. The molecule has 0 spiro atoms.